The Hall–Kier alpha value is -0.860. The second-order valence-electron chi connectivity index (χ2n) is 5.32. The van der Waals surface area contributed by atoms with Crippen LogP contribution >= 0.6 is 0 Å². The predicted octanol–water partition coefficient (Wildman–Crippen LogP) is 2.76. The van der Waals surface area contributed by atoms with Crippen LogP contribution in [0.1, 0.15) is 50.8 Å². The van der Waals surface area contributed by atoms with Crippen molar-refractivity contribution < 1.29 is 5.11 Å². The van der Waals surface area contributed by atoms with E-state index in [9.17, 15) is 5.11 Å². The number of aliphatic hydroxyl groups is 1. The van der Waals surface area contributed by atoms with Crippen molar-refractivity contribution in [3.8, 4) is 0 Å². The largest absolute Gasteiger partial charge is 0.388 e. The molecule has 1 aromatic rings. The van der Waals surface area contributed by atoms with Gasteiger partial charge in [-0.05, 0) is 35.9 Å². The molecule has 16 heavy (non-hydrogen) atoms. The van der Waals surface area contributed by atoms with Crippen LogP contribution in [-0.4, -0.2) is 11.7 Å². The van der Waals surface area contributed by atoms with E-state index in [0.29, 0.717) is 6.54 Å². The molecule has 0 saturated carbocycles. The number of rotatable bonds is 4. The Morgan fingerprint density at radius 2 is 2.00 bits per heavy atom. The van der Waals surface area contributed by atoms with E-state index in [-0.39, 0.29) is 11.5 Å². The van der Waals surface area contributed by atoms with Gasteiger partial charge in [0.1, 0.15) is 0 Å². The third-order valence-corrected chi connectivity index (χ3v) is 2.82. The fourth-order valence-corrected chi connectivity index (χ4v) is 1.69. The van der Waals surface area contributed by atoms with Gasteiger partial charge in [0, 0.05) is 0 Å². The molecule has 1 unspecified atom stereocenters. The van der Waals surface area contributed by atoms with Crippen LogP contribution in [0.5, 0.6) is 0 Å². The lowest BCUT2D eigenvalue weighted by Crippen LogP contribution is -2.12. The lowest BCUT2D eigenvalue weighted by Gasteiger charge is -2.21. The van der Waals surface area contributed by atoms with Gasteiger partial charge in [-0.2, -0.15) is 0 Å². The van der Waals surface area contributed by atoms with Gasteiger partial charge < -0.3 is 10.8 Å². The zero-order valence-electron chi connectivity index (χ0n) is 10.5. The Balaban J connectivity index is 2.82. The monoisotopic (exact) mass is 221 g/mol. The highest BCUT2D eigenvalue weighted by molar-refractivity contribution is 5.29. The van der Waals surface area contributed by atoms with E-state index in [2.05, 4.69) is 32.9 Å². The average molecular weight is 221 g/mol. The second kappa shape index (κ2) is 5.46. The SMILES string of the molecule is CC(C)(C)c1cccc(C(O)CCCN)c1. The molecule has 0 heterocycles. The van der Waals surface area contributed by atoms with E-state index in [1.165, 1.54) is 5.56 Å². The molecule has 0 bridgehead atoms. The molecule has 0 amide bonds. The van der Waals surface area contributed by atoms with Gasteiger partial charge in [0.25, 0.3) is 0 Å². The van der Waals surface area contributed by atoms with Gasteiger partial charge in [-0.3, -0.25) is 0 Å². The van der Waals surface area contributed by atoms with Gasteiger partial charge in [0.05, 0.1) is 6.10 Å². The number of nitrogens with two attached hydrogens (primary N) is 1. The highest BCUT2D eigenvalue weighted by atomic mass is 16.3. The summed E-state index contributed by atoms with van der Waals surface area (Å²) < 4.78 is 0. The zero-order chi connectivity index (χ0) is 12.2. The normalized spacial score (nSPS) is 13.8. The summed E-state index contributed by atoms with van der Waals surface area (Å²) in [5, 5.41) is 9.99. The predicted molar refractivity (Wildman–Crippen MR) is 68.4 cm³/mol. The molecule has 3 N–H and O–H groups in total. The fourth-order valence-electron chi connectivity index (χ4n) is 1.69. The third-order valence-electron chi connectivity index (χ3n) is 2.82. The Labute approximate surface area is 98.5 Å². The van der Waals surface area contributed by atoms with Gasteiger partial charge in [0.15, 0.2) is 0 Å². The van der Waals surface area contributed by atoms with Crippen molar-refractivity contribution in [3.05, 3.63) is 35.4 Å². The molecule has 1 rings (SSSR count). The Bertz CT molecular complexity index is 328. The molecule has 0 aliphatic rings. The summed E-state index contributed by atoms with van der Waals surface area (Å²) in [5.41, 5.74) is 7.83. The van der Waals surface area contributed by atoms with E-state index in [1.807, 2.05) is 12.1 Å². The Morgan fingerprint density at radius 3 is 2.56 bits per heavy atom. The van der Waals surface area contributed by atoms with Crippen LogP contribution in [0.2, 0.25) is 0 Å². The van der Waals surface area contributed by atoms with Crippen molar-refractivity contribution in [1.29, 1.82) is 0 Å². The van der Waals surface area contributed by atoms with Crippen molar-refractivity contribution in [3.63, 3.8) is 0 Å². The van der Waals surface area contributed by atoms with E-state index < -0.39 is 0 Å². The summed E-state index contributed by atoms with van der Waals surface area (Å²) in [6.07, 6.45) is 1.22. The first-order valence-corrected chi connectivity index (χ1v) is 5.93. The van der Waals surface area contributed by atoms with E-state index in [4.69, 9.17) is 5.73 Å². The second-order valence-corrected chi connectivity index (χ2v) is 5.32. The maximum Gasteiger partial charge on any atom is 0.0790 e. The van der Waals surface area contributed by atoms with Crippen LogP contribution in [0.3, 0.4) is 0 Å². The first-order chi connectivity index (χ1) is 7.45. The number of hydrogen-bond donors (Lipinski definition) is 2. The van der Waals surface area contributed by atoms with Crippen LogP contribution < -0.4 is 5.73 Å². The smallest absolute Gasteiger partial charge is 0.0790 e. The number of aliphatic hydroxyl groups excluding tert-OH is 1. The summed E-state index contributed by atoms with van der Waals surface area (Å²) in [6.45, 7) is 7.17. The summed E-state index contributed by atoms with van der Waals surface area (Å²) in [4.78, 5) is 0. The molecule has 0 aliphatic heterocycles. The highest BCUT2D eigenvalue weighted by Gasteiger charge is 2.15. The van der Waals surface area contributed by atoms with Crippen molar-refractivity contribution >= 4 is 0 Å². The summed E-state index contributed by atoms with van der Waals surface area (Å²) in [6, 6.07) is 8.21. The van der Waals surface area contributed by atoms with E-state index >= 15 is 0 Å². The van der Waals surface area contributed by atoms with Crippen LogP contribution in [0.15, 0.2) is 24.3 Å². The van der Waals surface area contributed by atoms with Crippen LogP contribution in [-0.2, 0) is 5.41 Å². The van der Waals surface area contributed by atoms with Crippen molar-refractivity contribution in [1.82, 2.24) is 0 Å². The molecule has 2 heteroatoms. The summed E-state index contributed by atoms with van der Waals surface area (Å²) >= 11 is 0. The summed E-state index contributed by atoms with van der Waals surface area (Å²) in [5.74, 6) is 0. The van der Waals surface area contributed by atoms with Crippen molar-refractivity contribution in [2.24, 2.45) is 5.73 Å². The average Bonchev–Trinajstić information content (AvgIpc) is 2.25. The zero-order valence-corrected chi connectivity index (χ0v) is 10.5. The molecule has 90 valence electrons. The molecular formula is C14H23NO. The van der Waals surface area contributed by atoms with Crippen molar-refractivity contribution in [2.75, 3.05) is 6.54 Å². The topological polar surface area (TPSA) is 46.2 Å². The quantitative estimate of drug-likeness (QED) is 0.821. The minimum absolute atomic E-state index is 0.129. The maximum absolute atomic E-state index is 9.99. The molecule has 2 nitrogen and oxygen atoms in total. The minimum Gasteiger partial charge on any atom is -0.388 e. The van der Waals surface area contributed by atoms with Gasteiger partial charge in [-0.1, -0.05) is 45.0 Å². The van der Waals surface area contributed by atoms with Crippen LogP contribution in [0.25, 0.3) is 0 Å². The molecular weight excluding hydrogens is 198 g/mol. The summed E-state index contributed by atoms with van der Waals surface area (Å²) in [7, 11) is 0. The molecule has 1 atom stereocenters. The molecule has 0 spiro atoms. The standard InChI is InChI=1S/C14H23NO/c1-14(2,3)12-7-4-6-11(10-12)13(16)8-5-9-15/h4,6-7,10,13,16H,5,8-9,15H2,1-3H3. The number of benzene rings is 1. The number of hydrogen-bond acceptors (Lipinski definition) is 2. The van der Waals surface area contributed by atoms with Crippen LogP contribution in [0.4, 0.5) is 0 Å². The van der Waals surface area contributed by atoms with Gasteiger partial charge in [0.2, 0.25) is 0 Å². The Morgan fingerprint density at radius 1 is 1.31 bits per heavy atom. The van der Waals surface area contributed by atoms with E-state index in [0.717, 1.165) is 18.4 Å². The first kappa shape index (κ1) is 13.2. The Kier molecular flexibility index (Phi) is 4.51. The van der Waals surface area contributed by atoms with Crippen molar-refractivity contribution in [2.45, 2.75) is 45.1 Å². The lowest BCUT2D eigenvalue weighted by molar-refractivity contribution is 0.165. The highest BCUT2D eigenvalue weighted by Crippen LogP contribution is 2.26. The van der Waals surface area contributed by atoms with Crippen LogP contribution in [0, 0.1) is 0 Å². The van der Waals surface area contributed by atoms with Gasteiger partial charge >= 0.3 is 0 Å². The molecule has 0 saturated heterocycles. The first-order valence-electron chi connectivity index (χ1n) is 5.93. The minimum atomic E-state index is -0.383. The lowest BCUT2D eigenvalue weighted by atomic mass is 9.85. The molecule has 1 aromatic carbocycles. The van der Waals surface area contributed by atoms with E-state index in [1.54, 1.807) is 0 Å². The third kappa shape index (κ3) is 3.62. The maximum atomic E-state index is 9.99. The molecule has 0 aromatic heterocycles. The fraction of sp³-hybridized carbons (Fsp3) is 0.571. The molecule has 0 radical (unpaired) electrons. The molecule has 0 fully saturated rings. The van der Waals surface area contributed by atoms with Gasteiger partial charge in [-0.15, -0.1) is 0 Å². The van der Waals surface area contributed by atoms with Gasteiger partial charge in [-0.25, -0.2) is 0 Å². The molecule has 0 aliphatic carbocycles.